The van der Waals surface area contributed by atoms with Crippen molar-refractivity contribution >= 4 is 46.4 Å². The quantitative estimate of drug-likeness (QED) is 0.285. The standard InChI is InChI=1S/C28H40N4O6S2/c1-15(2)22(32(6)25(34)10-19-7-8-19)12-23(38-18(5)33)27-31-21(14-40-27)26(35)30-20(9-16(3)28(36)37)11-24-29-17(4)13-39-24/h13-16,19-20,22-23H,7-12H2,1-6H3,(H,30,35)(H,36,37). The van der Waals surface area contributed by atoms with Gasteiger partial charge in [0.25, 0.3) is 5.91 Å². The number of rotatable bonds is 15. The van der Waals surface area contributed by atoms with Gasteiger partial charge in [-0.3, -0.25) is 19.2 Å². The maximum Gasteiger partial charge on any atom is 0.306 e. The largest absolute Gasteiger partial charge is 0.481 e. The molecule has 220 valence electrons. The Morgan fingerprint density at radius 1 is 1.12 bits per heavy atom. The van der Waals surface area contributed by atoms with Crippen molar-refractivity contribution in [3.8, 4) is 0 Å². The second-order valence-electron chi connectivity index (χ2n) is 11.1. The fourth-order valence-electron chi connectivity index (χ4n) is 4.62. The van der Waals surface area contributed by atoms with Gasteiger partial charge in [-0.15, -0.1) is 22.7 Å². The van der Waals surface area contributed by atoms with Crippen molar-refractivity contribution in [3.63, 3.8) is 0 Å². The number of aliphatic carboxylic acids is 1. The van der Waals surface area contributed by atoms with E-state index in [4.69, 9.17) is 4.74 Å². The number of carbonyl (C=O) groups is 4. The van der Waals surface area contributed by atoms with E-state index in [9.17, 15) is 24.3 Å². The van der Waals surface area contributed by atoms with Crippen molar-refractivity contribution in [1.82, 2.24) is 20.2 Å². The van der Waals surface area contributed by atoms with Crippen molar-refractivity contribution < 1.29 is 29.0 Å². The Kier molecular flexibility index (Phi) is 11.2. The molecule has 10 nitrogen and oxygen atoms in total. The second kappa shape index (κ2) is 14.2. The zero-order valence-corrected chi connectivity index (χ0v) is 25.6. The van der Waals surface area contributed by atoms with Crippen LogP contribution >= 0.6 is 22.7 Å². The first kappa shape index (κ1) is 31.7. The third-order valence-electron chi connectivity index (χ3n) is 7.10. The van der Waals surface area contributed by atoms with E-state index in [2.05, 4.69) is 15.3 Å². The molecular formula is C28H40N4O6S2. The Morgan fingerprint density at radius 2 is 1.82 bits per heavy atom. The number of carboxylic acids is 1. The van der Waals surface area contributed by atoms with E-state index in [0.717, 1.165) is 23.5 Å². The van der Waals surface area contributed by atoms with Crippen molar-refractivity contribution in [1.29, 1.82) is 0 Å². The highest BCUT2D eigenvalue weighted by Crippen LogP contribution is 2.35. The number of hydrogen-bond donors (Lipinski definition) is 2. The third-order valence-corrected chi connectivity index (χ3v) is 9.02. The highest BCUT2D eigenvalue weighted by atomic mass is 32.1. The van der Waals surface area contributed by atoms with Crippen LogP contribution in [0.15, 0.2) is 10.8 Å². The Labute approximate surface area is 243 Å². The summed E-state index contributed by atoms with van der Waals surface area (Å²) in [5.74, 6) is -1.83. The number of ether oxygens (including phenoxy) is 1. The van der Waals surface area contributed by atoms with Crippen molar-refractivity contribution in [3.05, 3.63) is 32.2 Å². The molecule has 0 saturated heterocycles. The van der Waals surface area contributed by atoms with Crippen molar-refractivity contribution in [2.45, 2.75) is 91.3 Å². The Hall–Kier alpha value is -2.86. The lowest BCUT2D eigenvalue weighted by molar-refractivity contribution is -0.148. The van der Waals surface area contributed by atoms with Gasteiger partial charge in [0.2, 0.25) is 5.91 Å². The van der Waals surface area contributed by atoms with Crippen LogP contribution in [0.25, 0.3) is 0 Å². The van der Waals surface area contributed by atoms with Crippen LogP contribution in [0, 0.1) is 24.7 Å². The third kappa shape index (κ3) is 9.36. The molecule has 1 aliphatic rings. The molecule has 4 unspecified atom stereocenters. The lowest BCUT2D eigenvalue weighted by Crippen LogP contribution is -2.42. The van der Waals surface area contributed by atoms with E-state index in [0.29, 0.717) is 30.2 Å². The van der Waals surface area contributed by atoms with E-state index in [1.807, 2.05) is 26.2 Å². The monoisotopic (exact) mass is 592 g/mol. The smallest absolute Gasteiger partial charge is 0.306 e. The molecule has 0 spiro atoms. The fraction of sp³-hybridized carbons (Fsp3) is 0.643. The molecule has 3 rings (SSSR count). The number of aryl methyl sites for hydroxylation is 1. The van der Waals surface area contributed by atoms with Crippen molar-refractivity contribution in [2.24, 2.45) is 17.8 Å². The van der Waals surface area contributed by atoms with Crippen molar-refractivity contribution in [2.75, 3.05) is 7.05 Å². The molecule has 2 heterocycles. The van der Waals surface area contributed by atoms with E-state index >= 15 is 0 Å². The molecular weight excluding hydrogens is 552 g/mol. The first-order valence-electron chi connectivity index (χ1n) is 13.7. The van der Waals surface area contributed by atoms with Gasteiger partial charge in [-0.1, -0.05) is 20.8 Å². The zero-order chi connectivity index (χ0) is 29.6. The summed E-state index contributed by atoms with van der Waals surface area (Å²) in [5.41, 5.74) is 1.04. The fourth-order valence-corrected chi connectivity index (χ4v) is 6.31. The van der Waals surface area contributed by atoms with Gasteiger partial charge in [0, 0.05) is 61.8 Å². The Balaban J connectivity index is 1.75. The predicted molar refractivity (Wildman–Crippen MR) is 153 cm³/mol. The minimum Gasteiger partial charge on any atom is -0.481 e. The molecule has 2 N–H and O–H groups in total. The highest BCUT2D eigenvalue weighted by Gasteiger charge is 2.33. The summed E-state index contributed by atoms with van der Waals surface area (Å²) in [5, 5.41) is 17.2. The number of nitrogens with one attached hydrogen (secondary N) is 1. The molecule has 0 bridgehead atoms. The molecule has 1 aliphatic carbocycles. The molecule has 2 amide bonds. The summed E-state index contributed by atoms with van der Waals surface area (Å²) in [6.07, 6.45) is 3.00. The molecule has 1 fully saturated rings. The molecule has 40 heavy (non-hydrogen) atoms. The Bertz CT molecular complexity index is 1190. The number of nitrogens with zero attached hydrogens (tertiary/aromatic N) is 3. The highest BCUT2D eigenvalue weighted by molar-refractivity contribution is 7.10. The summed E-state index contributed by atoms with van der Waals surface area (Å²) in [4.78, 5) is 60.3. The lowest BCUT2D eigenvalue weighted by atomic mass is 9.96. The summed E-state index contributed by atoms with van der Waals surface area (Å²) in [6, 6.07) is -0.629. The number of hydrogen-bond acceptors (Lipinski definition) is 9. The van der Waals surface area contributed by atoms with E-state index < -0.39 is 35.9 Å². The van der Waals surface area contributed by atoms with Gasteiger partial charge in [0.1, 0.15) is 10.7 Å². The van der Waals surface area contributed by atoms with Crippen LogP contribution in [0.4, 0.5) is 0 Å². The minimum atomic E-state index is -0.935. The summed E-state index contributed by atoms with van der Waals surface area (Å²) in [6.45, 7) is 8.87. The summed E-state index contributed by atoms with van der Waals surface area (Å²) < 4.78 is 5.64. The SMILES string of the molecule is CC(=O)OC(CC(C(C)C)N(C)C(=O)CC1CC1)c1nc(C(=O)NC(Cc2nc(C)cs2)CC(C)C(=O)O)cs1. The predicted octanol–water partition coefficient (Wildman–Crippen LogP) is 4.64. The van der Waals surface area contributed by atoms with Crippen LogP contribution in [0.3, 0.4) is 0 Å². The average molecular weight is 593 g/mol. The normalized spacial score (nSPS) is 16.2. The minimum absolute atomic E-state index is 0.0824. The van der Waals surface area contributed by atoms with E-state index in [1.165, 1.54) is 29.6 Å². The summed E-state index contributed by atoms with van der Waals surface area (Å²) in [7, 11) is 1.79. The number of carboxylic acid groups (broad SMARTS) is 1. The van der Waals surface area contributed by atoms with Crippen LogP contribution in [-0.4, -0.2) is 62.9 Å². The van der Waals surface area contributed by atoms with Gasteiger partial charge in [-0.2, -0.15) is 0 Å². The van der Waals surface area contributed by atoms with Gasteiger partial charge >= 0.3 is 11.9 Å². The topological polar surface area (TPSA) is 139 Å². The average Bonchev–Trinajstić information content (AvgIpc) is 3.37. The lowest BCUT2D eigenvalue weighted by Gasteiger charge is -2.33. The number of thiazole rings is 2. The van der Waals surface area contributed by atoms with Gasteiger partial charge in [-0.05, 0) is 38.0 Å². The first-order valence-corrected chi connectivity index (χ1v) is 15.4. The van der Waals surface area contributed by atoms with Crippen LogP contribution in [0.1, 0.15) is 92.1 Å². The molecule has 0 aromatic carbocycles. The first-order chi connectivity index (χ1) is 18.8. The van der Waals surface area contributed by atoms with Gasteiger partial charge in [0.05, 0.1) is 10.9 Å². The maximum absolute atomic E-state index is 13.2. The van der Waals surface area contributed by atoms with Gasteiger partial charge in [-0.25, -0.2) is 9.97 Å². The van der Waals surface area contributed by atoms with Crippen LogP contribution in [0.2, 0.25) is 0 Å². The van der Waals surface area contributed by atoms with Gasteiger partial charge in [0.15, 0.2) is 6.10 Å². The molecule has 12 heteroatoms. The Morgan fingerprint density at radius 3 is 2.38 bits per heavy atom. The molecule has 1 saturated carbocycles. The van der Waals surface area contributed by atoms with E-state index in [-0.39, 0.29) is 30.0 Å². The molecule has 4 atom stereocenters. The number of carbonyl (C=O) groups excluding carboxylic acids is 3. The van der Waals surface area contributed by atoms with Gasteiger partial charge < -0.3 is 20.1 Å². The number of esters is 1. The number of amides is 2. The maximum atomic E-state index is 13.2. The molecule has 2 aromatic rings. The molecule has 2 aromatic heterocycles. The van der Waals surface area contributed by atoms with Crippen LogP contribution in [-0.2, 0) is 25.5 Å². The van der Waals surface area contributed by atoms with Crippen LogP contribution < -0.4 is 5.32 Å². The number of aromatic nitrogens is 2. The second-order valence-corrected chi connectivity index (χ2v) is 12.9. The molecule has 0 aliphatic heterocycles. The summed E-state index contributed by atoms with van der Waals surface area (Å²) >= 11 is 2.69. The molecule has 0 radical (unpaired) electrons. The van der Waals surface area contributed by atoms with E-state index in [1.54, 1.807) is 24.3 Å². The zero-order valence-electron chi connectivity index (χ0n) is 24.0. The van der Waals surface area contributed by atoms with Crippen LogP contribution in [0.5, 0.6) is 0 Å².